The van der Waals surface area contributed by atoms with Gasteiger partial charge in [0.2, 0.25) is 0 Å². The summed E-state index contributed by atoms with van der Waals surface area (Å²) in [5.41, 5.74) is 10.9. The van der Waals surface area contributed by atoms with Gasteiger partial charge in [0, 0.05) is 31.0 Å². The van der Waals surface area contributed by atoms with Crippen LogP contribution >= 0.6 is 0 Å². The Morgan fingerprint density at radius 2 is 1.89 bits per heavy atom. The molecule has 1 aliphatic rings. The highest BCUT2D eigenvalue weighted by molar-refractivity contribution is 6.06. The molecule has 1 amide bonds. The van der Waals surface area contributed by atoms with Crippen molar-refractivity contribution in [1.82, 2.24) is 19.9 Å². The second-order valence-electron chi connectivity index (χ2n) is 9.40. The number of halogens is 3. The fraction of sp³-hybridized carbons (Fsp3) is 0.400. The van der Waals surface area contributed by atoms with E-state index in [1.807, 2.05) is 13.0 Å². The molecule has 5 N–H and O–H groups in total. The van der Waals surface area contributed by atoms with E-state index in [-0.39, 0.29) is 40.5 Å². The Balaban J connectivity index is 1.67. The lowest BCUT2D eigenvalue weighted by atomic mass is 9.91. The van der Waals surface area contributed by atoms with Crippen LogP contribution in [0.15, 0.2) is 36.8 Å². The third-order valence-electron chi connectivity index (χ3n) is 6.36. The number of pyridine rings is 2. The molecule has 0 radical (unpaired) electrons. The van der Waals surface area contributed by atoms with Gasteiger partial charge in [0.1, 0.15) is 11.4 Å². The second-order valence-corrected chi connectivity index (χ2v) is 9.40. The molecule has 0 aromatic carbocycles. The highest BCUT2D eigenvalue weighted by atomic mass is 19.4. The molecule has 3 aromatic rings. The van der Waals surface area contributed by atoms with Crippen molar-refractivity contribution in [3.8, 4) is 11.4 Å². The number of hydrogen-bond donors (Lipinski definition) is 3. The van der Waals surface area contributed by atoms with Crippen LogP contribution < -0.4 is 21.7 Å². The Labute approximate surface area is 212 Å². The van der Waals surface area contributed by atoms with Crippen molar-refractivity contribution in [2.75, 3.05) is 29.0 Å². The van der Waals surface area contributed by atoms with Crippen molar-refractivity contribution < 1.29 is 18.0 Å². The molecule has 0 saturated carbocycles. The van der Waals surface area contributed by atoms with E-state index in [0.717, 1.165) is 19.0 Å². The highest BCUT2D eigenvalue weighted by Gasteiger charge is 2.38. The molecule has 3 aromatic heterocycles. The molecule has 196 valence electrons. The normalized spacial score (nSPS) is 15.5. The summed E-state index contributed by atoms with van der Waals surface area (Å²) >= 11 is 0. The first kappa shape index (κ1) is 26.3. The number of nitrogens with zero attached hydrogens (tertiary/aromatic N) is 5. The highest BCUT2D eigenvalue weighted by Crippen LogP contribution is 2.38. The molecule has 0 unspecified atom stereocenters. The Hall–Kier alpha value is -3.80. The summed E-state index contributed by atoms with van der Waals surface area (Å²) in [7, 11) is 0. The maximum Gasteiger partial charge on any atom is 0.418 e. The SMILES string of the molecule is CCCc1ccnc(-c2cnc(N)c(C(=O)Nc3ncccc3N3CCC(C)(N)CC3)n2)c1C(F)(F)F. The van der Waals surface area contributed by atoms with Gasteiger partial charge < -0.3 is 21.7 Å². The lowest BCUT2D eigenvalue weighted by Gasteiger charge is -2.38. The van der Waals surface area contributed by atoms with Crippen LogP contribution in [-0.4, -0.2) is 44.5 Å². The summed E-state index contributed by atoms with van der Waals surface area (Å²) in [4.78, 5) is 31.6. The predicted octanol–water partition coefficient (Wildman–Crippen LogP) is 4.06. The van der Waals surface area contributed by atoms with Gasteiger partial charge in [0.15, 0.2) is 17.3 Å². The Bertz CT molecular complexity index is 1290. The van der Waals surface area contributed by atoms with Crippen LogP contribution in [0.2, 0.25) is 0 Å². The van der Waals surface area contributed by atoms with Crippen LogP contribution in [0.3, 0.4) is 0 Å². The van der Waals surface area contributed by atoms with Crippen molar-refractivity contribution in [3.63, 3.8) is 0 Å². The number of aromatic nitrogens is 4. The lowest BCUT2D eigenvalue weighted by Crippen LogP contribution is -2.48. The average molecular weight is 515 g/mol. The zero-order valence-electron chi connectivity index (χ0n) is 20.6. The van der Waals surface area contributed by atoms with Gasteiger partial charge in [-0.2, -0.15) is 13.2 Å². The second kappa shape index (κ2) is 10.3. The number of carbonyl (C=O) groups is 1. The quantitative estimate of drug-likeness (QED) is 0.448. The number of anilines is 3. The molecule has 1 fully saturated rings. The van der Waals surface area contributed by atoms with Crippen LogP contribution in [0.5, 0.6) is 0 Å². The third kappa shape index (κ3) is 5.79. The maximum absolute atomic E-state index is 14.0. The van der Waals surface area contributed by atoms with Crippen molar-refractivity contribution in [2.45, 2.75) is 51.2 Å². The van der Waals surface area contributed by atoms with E-state index < -0.39 is 23.3 Å². The Morgan fingerprint density at radius 1 is 1.16 bits per heavy atom. The van der Waals surface area contributed by atoms with Gasteiger partial charge in [0.25, 0.3) is 5.91 Å². The van der Waals surface area contributed by atoms with E-state index in [2.05, 4.69) is 30.2 Å². The first-order valence-electron chi connectivity index (χ1n) is 12.0. The lowest BCUT2D eigenvalue weighted by molar-refractivity contribution is -0.137. The minimum Gasteiger partial charge on any atom is -0.382 e. The molecule has 0 aliphatic carbocycles. The van der Waals surface area contributed by atoms with Crippen molar-refractivity contribution in [2.24, 2.45) is 5.73 Å². The molecular weight excluding hydrogens is 485 g/mol. The number of alkyl halides is 3. The summed E-state index contributed by atoms with van der Waals surface area (Å²) in [6.07, 6.45) is 1.49. The van der Waals surface area contributed by atoms with E-state index in [1.54, 1.807) is 13.0 Å². The number of nitrogen functional groups attached to an aromatic ring is 1. The van der Waals surface area contributed by atoms with Gasteiger partial charge in [-0.05, 0) is 49.9 Å². The fourth-order valence-electron chi connectivity index (χ4n) is 4.34. The molecule has 12 heteroatoms. The summed E-state index contributed by atoms with van der Waals surface area (Å²) < 4.78 is 42.0. The summed E-state index contributed by atoms with van der Waals surface area (Å²) in [6, 6.07) is 4.92. The number of aryl methyl sites for hydroxylation is 1. The largest absolute Gasteiger partial charge is 0.418 e. The summed E-state index contributed by atoms with van der Waals surface area (Å²) in [5, 5.41) is 2.69. The number of hydrogen-bond acceptors (Lipinski definition) is 8. The van der Waals surface area contributed by atoms with Crippen LogP contribution in [0, 0.1) is 0 Å². The van der Waals surface area contributed by atoms with Crippen LogP contribution in [0.4, 0.5) is 30.5 Å². The zero-order valence-corrected chi connectivity index (χ0v) is 20.6. The standard InChI is InChI=1S/C25H29F3N8O/c1-3-5-15-7-11-31-19(18(15)25(26,27)28)16-14-33-21(29)20(34-16)23(37)35-22-17(6-4-10-32-22)36-12-8-24(2,30)9-13-36/h4,6-7,10-11,14H,3,5,8-9,12-13,30H2,1-2H3,(H2,29,33)(H,32,35,37). The summed E-state index contributed by atoms with van der Waals surface area (Å²) in [5.74, 6) is -0.696. The molecule has 37 heavy (non-hydrogen) atoms. The van der Waals surface area contributed by atoms with Crippen LogP contribution in [0.1, 0.15) is 54.7 Å². The van der Waals surface area contributed by atoms with E-state index in [9.17, 15) is 18.0 Å². The Morgan fingerprint density at radius 3 is 2.57 bits per heavy atom. The van der Waals surface area contributed by atoms with E-state index in [1.165, 1.54) is 18.5 Å². The van der Waals surface area contributed by atoms with Crippen LogP contribution in [-0.2, 0) is 12.6 Å². The number of piperidine rings is 1. The number of rotatable bonds is 6. The van der Waals surface area contributed by atoms with Gasteiger partial charge in [-0.15, -0.1) is 0 Å². The Kier molecular flexibility index (Phi) is 7.30. The van der Waals surface area contributed by atoms with Gasteiger partial charge in [-0.25, -0.2) is 15.0 Å². The molecular formula is C25H29F3N8O. The number of nitrogens with two attached hydrogens (primary N) is 2. The molecule has 1 saturated heterocycles. The summed E-state index contributed by atoms with van der Waals surface area (Å²) in [6.45, 7) is 5.15. The molecule has 0 atom stereocenters. The average Bonchev–Trinajstić information content (AvgIpc) is 2.84. The molecule has 4 heterocycles. The molecule has 1 aliphatic heterocycles. The predicted molar refractivity (Wildman–Crippen MR) is 135 cm³/mol. The molecule has 9 nitrogen and oxygen atoms in total. The van der Waals surface area contributed by atoms with Gasteiger partial charge in [-0.3, -0.25) is 9.78 Å². The molecule has 0 spiro atoms. The molecule has 0 bridgehead atoms. The van der Waals surface area contributed by atoms with Crippen molar-refractivity contribution in [3.05, 3.63) is 53.6 Å². The van der Waals surface area contributed by atoms with Gasteiger partial charge in [0.05, 0.1) is 17.4 Å². The fourth-order valence-corrected chi connectivity index (χ4v) is 4.34. The van der Waals surface area contributed by atoms with Gasteiger partial charge in [-0.1, -0.05) is 13.3 Å². The first-order chi connectivity index (χ1) is 17.5. The van der Waals surface area contributed by atoms with E-state index >= 15 is 0 Å². The maximum atomic E-state index is 14.0. The topological polar surface area (TPSA) is 136 Å². The van der Waals surface area contributed by atoms with Crippen molar-refractivity contribution in [1.29, 1.82) is 0 Å². The van der Waals surface area contributed by atoms with Crippen LogP contribution in [0.25, 0.3) is 11.4 Å². The van der Waals surface area contributed by atoms with E-state index in [4.69, 9.17) is 11.5 Å². The number of carbonyl (C=O) groups excluding carboxylic acids is 1. The monoisotopic (exact) mass is 514 g/mol. The minimum absolute atomic E-state index is 0.0952. The van der Waals surface area contributed by atoms with Crippen molar-refractivity contribution >= 4 is 23.2 Å². The number of amides is 1. The smallest absolute Gasteiger partial charge is 0.382 e. The zero-order chi connectivity index (χ0) is 26.8. The van der Waals surface area contributed by atoms with Gasteiger partial charge >= 0.3 is 6.18 Å². The first-order valence-corrected chi connectivity index (χ1v) is 12.0. The third-order valence-corrected chi connectivity index (χ3v) is 6.36. The minimum atomic E-state index is -4.67. The number of nitrogens with one attached hydrogen (secondary N) is 1. The molecule has 4 rings (SSSR count). The van der Waals surface area contributed by atoms with E-state index in [0.29, 0.717) is 25.2 Å².